The van der Waals surface area contributed by atoms with Crippen LogP contribution in [0.25, 0.3) is 0 Å². The summed E-state index contributed by atoms with van der Waals surface area (Å²) in [5.41, 5.74) is 0. The van der Waals surface area contributed by atoms with Crippen molar-refractivity contribution in [2.75, 3.05) is 53.6 Å². The van der Waals surface area contributed by atoms with Crippen LogP contribution in [-0.2, 0) is 25.0 Å². The van der Waals surface area contributed by atoms with Crippen LogP contribution in [0.3, 0.4) is 0 Å². The standard InChI is InChI=1S/C10H22N4O5S2/c1-11-10(15)9-7-13(20(4,16)17)5-6-14(8-9)21(18,19)12(2)3/h9H,5-8H2,1-4H3,(H,11,15). The molecule has 124 valence electrons. The molecule has 1 fully saturated rings. The van der Waals surface area contributed by atoms with Gasteiger partial charge >= 0.3 is 0 Å². The molecule has 9 nitrogen and oxygen atoms in total. The number of sulfonamides is 1. The predicted molar refractivity (Wildman–Crippen MR) is 78.2 cm³/mol. The minimum atomic E-state index is -3.70. The quantitative estimate of drug-likeness (QED) is 0.620. The molecule has 1 atom stereocenters. The molecule has 1 aliphatic heterocycles. The molecule has 1 N–H and O–H groups in total. The van der Waals surface area contributed by atoms with E-state index in [-0.39, 0.29) is 32.1 Å². The Kier molecular flexibility index (Phi) is 5.72. The maximum Gasteiger partial charge on any atom is 0.281 e. The number of nitrogens with zero attached hydrogens (tertiary/aromatic N) is 3. The average Bonchev–Trinajstić information content (AvgIpc) is 2.60. The van der Waals surface area contributed by atoms with Gasteiger partial charge in [0.2, 0.25) is 15.9 Å². The number of hydrogen-bond acceptors (Lipinski definition) is 5. The second kappa shape index (κ2) is 6.57. The smallest absolute Gasteiger partial charge is 0.281 e. The normalized spacial score (nSPS) is 23.0. The van der Waals surface area contributed by atoms with Crippen molar-refractivity contribution >= 4 is 26.1 Å². The van der Waals surface area contributed by atoms with E-state index in [4.69, 9.17) is 0 Å². The summed E-state index contributed by atoms with van der Waals surface area (Å²) in [6.07, 6.45) is 1.05. The number of carbonyl (C=O) groups is 1. The van der Waals surface area contributed by atoms with E-state index in [9.17, 15) is 21.6 Å². The van der Waals surface area contributed by atoms with Crippen LogP contribution < -0.4 is 5.32 Å². The van der Waals surface area contributed by atoms with Crippen LogP contribution in [0.1, 0.15) is 0 Å². The Morgan fingerprint density at radius 3 is 2.00 bits per heavy atom. The molecular weight excluding hydrogens is 320 g/mol. The van der Waals surface area contributed by atoms with Gasteiger partial charge in [-0.15, -0.1) is 0 Å². The van der Waals surface area contributed by atoms with Crippen molar-refractivity contribution in [3.63, 3.8) is 0 Å². The molecule has 0 spiro atoms. The molecule has 21 heavy (non-hydrogen) atoms. The Morgan fingerprint density at radius 2 is 1.57 bits per heavy atom. The van der Waals surface area contributed by atoms with E-state index in [2.05, 4.69) is 5.32 Å². The first-order valence-electron chi connectivity index (χ1n) is 6.34. The van der Waals surface area contributed by atoms with Crippen LogP contribution in [-0.4, -0.2) is 89.2 Å². The van der Waals surface area contributed by atoms with E-state index >= 15 is 0 Å². The zero-order valence-corrected chi connectivity index (χ0v) is 14.2. The number of amides is 1. The highest BCUT2D eigenvalue weighted by Crippen LogP contribution is 2.16. The van der Waals surface area contributed by atoms with Gasteiger partial charge in [0.25, 0.3) is 10.2 Å². The Balaban J connectivity index is 3.12. The molecule has 0 aromatic heterocycles. The van der Waals surface area contributed by atoms with E-state index in [0.717, 1.165) is 19.2 Å². The molecule has 0 aromatic rings. The minimum Gasteiger partial charge on any atom is -0.359 e. The molecule has 0 radical (unpaired) electrons. The van der Waals surface area contributed by atoms with E-state index in [0.29, 0.717) is 0 Å². The SMILES string of the molecule is CNC(=O)C1CN(S(C)(=O)=O)CCN(S(=O)(=O)N(C)C)C1. The van der Waals surface area contributed by atoms with Crippen molar-refractivity contribution < 1.29 is 21.6 Å². The lowest BCUT2D eigenvalue weighted by molar-refractivity contribution is -0.124. The van der Waals surface area contributed by atoms with E-state index < -0.39 is 26.2 Å². The third-order valence-corrected chi connectivity index (χ3v) is 6.50. The van der Waals surface area contributed by atoms with Gasteiger partial charge in [-0.2, -0.15) is 21.3 Å². The number of carbonyl (C=O) groups excluding carboxylic acids is 1. The third-order valence-electron chi connectivity index (χ3n) is 3.32. The van der Waals surface area contributed by atoms with E-state index in [1.807, 2.05) is 0 Å². The second-order valence-electron chi connectivity index (χ2n) is 5.08. The molecule has 11 heteroatoms. The Hall–Kier alpha value is -0.750. The van der Waals surface area contributed by atoms with Crippen LogP contribution >= 0.6 is 0 Å². The van der Waals surface area contributed by atoms with Crippen LogP contribution in [0, 0.1) is 5.92 Å². The minimum absolute atomic E-state index is 0.0150. The third kappa shape index (κ3) is 4.36. The fourth-order valence-electron chi connectivity index (χ4n) is 2.07. The second-order valence-corrected chi connectivity index (χ2v) is 9.21. The van der Waals surface area contributed by atoms with Crippen molar-refractivity contribution in [3.8, 4) is 0 Å². The molecule has 0 saturated carbocycles. The van der Waals surface area contributed by atoms with Gasteiger partial charge in [-0.25, -0.2) is 8.42 Å². The van der Waals surface area contributed by atoms with Crippen molar-refractivity contribution in [2.24, 2.45) is 5.92 Å². The molecular formula is C10H22N4O5S2. The monoisotopic (exact) mass is 342 g/mol. The lowest BCUT2D eigenvalue weighted by Gasteiger charge is -2.25. The average molecular weight is 342 g/mol. The van der Waals surface area contributed by atoms with Crippen LogP contribution in [0.2, 0.25) is 0 Å². The number of hydrogen-bond donors (Lipinski definition) is 1. The topological polar surface area (TPSA) is 107 Å². The zero-order valence-electron chi connectivity index (χ0n) is 12.6. The Labute approximate surface area is 126 Å². The largest absolute Gasteiger partial charge is 0.359 e. The first-order valence-corrected chi connectivity index (χ1v) is 9.59. The number of rotatable bonds is 4. The first-order chi connectivity index (χ1) is 9.50. The molecule has 1 saturated heterocycles. The molecule has 1 aliphatic rings. The van der Waals surface area contributed by atoms with Gasteiger partial charge in [0.05, 0.1) is 12.2 Å². The van der Waals surface area contributed by atoms with E-state index in [1.165, 1.54) is 21.1 Å². The van der Waals surface area contributed by atoms with Crippen molar-refractivity contribution in [2.45, 2.75) is 0 Å². The summed E-state index contributed by atoms with van der Waals surface area (Å²) < 4.78 is 51.1. The lowest BCUT2D eigenvalue weighted by Crippen LogP contribution is -2.45. The van der Waals surface area contributed by atoms with Gasteiger partial charge in [0.15, 0.2) is 0 Å². The summed E-state index contributed by atoms with van der Waals surface area (Å²) in [5.74, 6) is -1.13. The van der Waals surface area contributed by atoms with Crippen molar-refractivity contribution in [1.29, 1.82) is 0 Å². The summed E-state index contributed by atoms with van der Waals surface area (Å²) in [6.45, 7) is -0.0371. The van der Waals surface area contributed by atoms with Gasteiger partial charge in [0, 0.05) is 47.3 Å². The van der Waals surface area contributed by atoms with E-state index in [1.54, 1.807) is 0 Å². The van der Waals surface area contributed by atoms with Crippen molar-refractivity contribution in [3.05, 3.63) is 0 Å². The highest BCUT2D eigenvalue weighted by Gasteiger charge is 2.36. The lowest BCUT2D eigenvalue weighted by atomic mass is 10.1. The highest BCUT2D eigenvalue weighted by molar-refractivity contribution is 7.88. The molecule has 0 aromatic carbocycles. The summed E-state index contributed by atoms with van der Waals surface area (Å²) >= 11 is 0. The number of nitrogens with one attached hydrogen (secondary N) is 1. The van der Waals surface area contributed by atoms with Gasteiger partial charge in [-0.05, 0) is 0 Å². The summed E-state index contributed by atoms with van der Waals surface area (Å²) in [7, 11) is -2.98. The van der Waals surface area contributed by atoms with Gasteiger partial charge in [-0.1, -0.05) is 0 Å². The molecule has 1 unspecified atom stereocenters. The maximum atomic E-state index is 12.2. The molecule has 1 amide bonds. The molecule has 0 aliphatic carbocycles. The Morgan fingerprint density at radius 1 is 1.10 bits per heavy atom. The fraction of sp³-hybridized carbons (Fsp3) is 0.900. The molecule has 1 rings (SSSR count). The molecule has 0 bridgehead atoms. The predicted octanol–water partition coefficient (Wildman–Crippen LogP) is -2.27. The fourth-order valence-corrected chi connectivity index (χ4v) is 4.07. The summed E-state index contributed by atoms with van der Waals surface area (Å²) in [5, 5.41) is 2.44. The Bertz CT molecular complexity index is 587. The van der Waals surface area contributed by atoms with Gasteiger partial charge < -0.3 is 5.32 Å². The van der Waals surface area contributed by atoms with Crippen LogP contribution in [0.5, 0.6) is 0 Å². The zero-order chi connectivity index (χ0) is 16.4. The van der Waals surface area contributed by atoms with Gasteiger partial charge in [-0.3, -0.25) is 4.79 Å². The maximum absolute atomic E-state index is 12.2. The summed E-state index contributed by atoms with van der Waals surface area (Å²) in [4.78, 5) is 11.9. The van der Waals surface area contributed by atoms with Crippen LogP contribution in [0.15, 0.2) is 0 Å². The first kappa shape index (κ1) is 18.3. The van der Waals surface area contributed by atoms with Gasteiger partial charge in [0.1, 0.15) is 0 Å². The van der Waals surface area contributed by atoms with Crippen LogP contribution in [0.4, 0.5) is 0 Å². The van der Waals surface area contributed by atoms with Crippen molar-refractivity contribution in [1.82, 2.24) is 18.2 Å². The highest BCUT2D eigenvalue weighted by atomic mass is 32.2. The summed E-state index contributed by atoms with van der Waals surface area (Å²) in [6, 6.07) is 0. The molecule has 1 heterocycles.